The third-order valence-corrected chi connectivity index (χ3v) is 2.92. The maximum Gasteiger partial charge on any atom is 0.269 e. The lowest BCUT2D eigenvalue weighted by molar-refractivity contribution is 0.0995. The van der Waals surface area contributed by atoms with Crippen molar-refractivity contribution in [2.24, 2.45) is 5.73 Å². The van der Waals surface area contributed by atoms with Gasteiger partial charge in [-0.05, 0) is 31.2 Å². The minimum atomic E-state index is -0.534. The molecule has 0 aliphatic carbocycles. The summed E-state index contributed by atoms with van der Waals surface area (Å²) in [5, 5.41) is 5.19. The Morgan fingerprint density at radius 1 is 1.21 bits per heavy atom. The monoisotopic (exact) mass is 252 g/mol. The zero-order valence-electron chi connectivity index (χ0n) is 10.4. The van der Waals surface area contributed by atoms with Crippen molar-refractivity contribution in [2.45, 2.75) is 6.92 Å². The van der Waals surface area contributed by atoms with E-state index in [1.807, 2.05) is 37.3 Å². The molecule has 3 rings (SSSR count). The van der Waals surface area contributed by atoms with Crippen LogP contribution in [0.5, 0.6) is 0 Å². The van der Waals surface area contributed by atoms with Gasteiger partial charge in [-0.2, -0.15) is 5.10 Å². The molecule has 0 spiro atoms. The second-order valence-electron chi connectivity index (χ2n) is 4.34. The molecule has 0 saturated heterocycles. The molecule has 2 heterocycles. The van der Waals surface area contributed by atoms with E-state index < -0.39 is 5.91 Å². The summed E-state index contributed by atoms with van der Waals surface area (Å²) in [7, 11) is 0. The minimum absolute atomic E-state index is 0.247. The van der Waals surface area contributed by atoms with Crippen molar-refractivity contribution in [2.75, 3.05) is 0 Å². The lowest BCUT2D eigenvalue weighted by atomic mass is 10.2. The summed E-state index contributed by atoms with van der Waals surface area (Å²) in [6.45, 7) is 1.95. The molecule has 0 radical (unpaired) electrons. The fourth-order valence-corrected chi connectivity index (χ4v) is 1.95. The highest BCUT2D eigenvalue weighted by atomic mass is 16.1. The maximum absolute atomic E-state index is 11.0. The van der Waals surface area contributed by atoms with Gasteiger partial charge in [-0.25, -0.2) is 4.68 Å². The summed E-state index contributed by atoms with van der Waals surface area (Å²) in [5.74, 6) is -0.534. The van der Waals surface area contributed by atoms with Gasteiger partial charge < -0.3 is 5.73 Å². The van der Waals surface area contributed by atoms with Gasteiger partial charge in [0.25, 0.3) is 5.91 Å². The van der Waals surface area contributed by atoms with Crippen molar-refractivity contribution >= 4 is 16.8 Å². The number of benzene rings is 1. The number of pyridine rings is 1. The Balaban J connectivity index is 2.11. The molecule has 19 heavy (non-hydrogen) atoms. The molecule has 0 saturated carbocycles. The van der Waals surface area contributed by atoms with E-state index in [4.69, 9.17) is 5.73 Å². The van der Waals surface area contributed by atoms with E-state index in [9.17, 15) is 4.79 Å². The molecule has 2 N–H and O–H groups in total. The van der Waals surface area contributed by atoms with Crippen LogP contribution in [0.25, 0.3) is 16.6 Å². The topological polar surface area (TPSA) is 73.8 Å². The molecule has 1 amide bonds. The molecule has 0 aliphatic heterocycles. The van der Waals surface area contributed by atoms with Gasteiger partial charge in [0.2, 0.25) is 0 Å². The van der Waals surface area contributed by atoms with Crippen LogP contribution in [0, 0.1) is 6.92 Å². The number of amides is 1. The van der Waals surface area contributed by atoms with Crippen LogP contribution in [0.4, 0.5) is 0 Å². The van der Waals surface area contributed by atoms with Crippen molar-refractivity contribution in [3.63, 3.8) is 0 Å². The normalized spacial score (nSPS) is 10.8. The lowest BCUT2D eigenvalue weighted by Crippen LogP contribution is -2.12. The van der Waals surface area contributed by atoms with Gasteiger partial charge in [0.05, 0.1) is 11.2 Å². The predicted molar refractivity (Wildman–Crippen MR) is 72.1 cm³/mol. The highest BCUT2D eigenvalue weighted by Crippen LogP contribution is 2.17. The van der Waals surface area contributed by atoms with Crippen LogP contribution >= 0.6 is 0 Å². The molecule has 0 bridgehead atoms. The third-order valence-electron chi connectivity index (χ3n) is 2.92. The molecule has 3 aromatic rings. The van der Waals surface area contributed by atoms with E-state index in [1.54, 1.807) is 16.9 Å². The summed E-state index contributed by atoms with van der Waals surface area (Å²) in [6, 6.07) is 11.4. The molecule has 5 heteroatoms. The van der Waals surface area contributed by atoms with Gasteiger partial charge in [-0.3, -0.25) is 9.78 Å². The first-order chi connectivity index (χ1) is 9.13. The molecule has 5 nitrogen and oxygen atoms in total. The summed E-state index contributed by atoms with van der Waals surface area (Å²) in [6.07, 6.45) is 1.71. The average molecular weight is 252 g/mol. The number of rotatable bonds is 2. The largest absolute Gasteiger partial charge is 0.364 e. The number of hydrogen-bond acceptors (Lipinski definition) is 3. The van der Waals surface area contributed by atoms with E-state index in [0.717, 1.165) is 22.3 Å². The minimum Gasteiger partial charge on any atom is -0.364 e. The number of fused-ring (bicyclic) bond motifs is 1. The van der Waals surface area contributed by atoms with Crippen LogP contribution in [-0.2, 0) is 0 Å². The van der Waals surface area contributed by atoms with Crippen molar-refractivity contribution in [1.82, 2.24) is 14.8 Å². The zero-order valence-corrected chi connectivity index (χ0v) is 10.4. The highest BCUT2D eigenvalue weighted by Gasteiger charge is 2.06. The Labute approximate surface area is 109 Å². The number of primary amides is 1. The van der Waals surface area contributed by atoms with Gasteiger partial charge in [0.15, 0.2) is 0 Å². The number of hydrogen-bond donors (Lipinski definition) is 1. The average Bonchev–Trinajstić information content (AvgIpc) is 2.87. The van der Waals surface area contributed by atoms with Gasteiger partial charge in [0.1, 0.15) is 5.69 Å². The van der Waals surface area contributed by atoms with E-state index in [0.29, 0.717) is 0 Å². The van der Waals surface area contributed by atoms with Crippen LogP contribution in [0.15, 0.2) is 42.6 Å². The van der Waals surface area contributed by atoms with Gasteiger partial charge >= 0.3 is 0 Å². The van der Waals surface area contributed by atoms with Gasteiger partial charge in [-0.15, -0.1) is 0 Å². The Kier molecular flexibility index (Phi) is 2.52. The first kappa shape index (κ1) is 11.4. The number of aromatic nitrogens is 3. The molecule has 0 unspecified atom stereocenters. The zero-order chi connectivity index (χ0) is 13.4. The van der Waals surface area contributed by atoms with E-state index in [1.165, 1.54) is 0 Å². The summed E-state index contributed by atoms with van der Waals surface area (Å²) in [4.78, 5) is 15.5. The number of carbonyl (C=O) groups is 1. The molecule has 2 aromatic heterocycles. The van der Waals surface area contributed by atoms with Crippen molar-refractivity contribution in [3.05, 3.63) is 54.0 Å². The Morgan fingerprint density at radius 3 is 2.74 bits per heavy atom. The third kappa shape index (κ3) is 2.06. The SMILES string of the molecule is Cc1ccc2ccc(-n3ccc(C(N)=O)n3)cc2n1. The number of carbonyl (C=O) groups excluding carboxylic acids is 1. The maximum atomic E-state index is 11.0. The first-order valence-corrected chi connectivity index (χ1v) is 5.87. The van der Waals surface area contributed by atoms with Gasteiger partial charge in [-0.1, -0.05) is 12.1 Å². The summed E-state index contributed by atoms with van der Waals surface area (Å²) in [5.41, 5.74) is 8.14. The van der Waals surface area contributed by atoms with E-state index >= 15 is 0 Å². The van der Waals surface area contributed by atoms with Gasteiger partial charge in [0, 0.05) is 17.3 Å². The fraction of sp³-hybridized carbons (Fsp3) is 0.0714. The number of aryl methyl sites for hydroxylation is 1. The van der Waals surface area contributed by atoms with Crippen LogP contribution in [0.2, 0.25) is 0 Å². The second-order valence-corrected chi connectivity index (χ2v) is 4.34. The Bertz CT molecular complexity index is 776. The van der Waals surface area contributed by atoms with Crippen molar-refractivity contribution in [3.8, 4) is 5.69 Å². The molecule has 0 atom stereocenters. The molecule has 0 aliphatic rings. The van der Waals surface area contributed by atoms with Crippen LogP contribution in [0.3, 0.4) is 0 Å². The fourth-order valence-electron chi connectivity index (χ4n) is 1.95. The van der Waals surface area contributed by atoms with Crippen LogP contribution in [-0.4, -0.2) is 20.7 Å². The van der Waals surface area contributed by atoms with Crippen LogP contribution < -0.4 is 5.73 Å². The molecule has 1 aromatic carbocycles. The lowest BCUT2D eigenvalue weighted by Gasteiger charge is -2.04. The standard InChI is InChI=1S/C14H12N4O/c1-9-2-3-10-4-5-11(8-13(10)16-9)18-7-6-12(17-18)14(15)19/h2-8H,1H3,(H2,15,19). The molecule has 94 valence electrons. The van der Waals surface area contributed by atoms with Crippen molar-refractivity contribution < 1.29 is 4.79 Å². The number of nitrogens with two attached hydrogens (primary N) is 1. The Morgan fingerprint density at radius 2 is 2.00 bits per heavy atom. The molecular weight excluding hydrogens is 240 g/mol. The summed E-state index contributed by atoms with van der Waals surface area (Å²) >= 11 is 0. The molecule has 0 fully saturated rings. The molecular formula is C14H12N4O. The smallest absolute Gasteiger partial charge is 0.269 e. The highest BCUT2D eigenvalue weighted by molar-refractivity contribution is 5.90. The first-order valence-electron chi connectivity index (χ1n) is 5.87. The predicted octanol–water partition coefficient (Wildman–Crippen LogP) is 1.83. The van der Waals surface area contributed by atoms with E-state index in [2.05, 4.69) is 10.1 Å². The quantitative estimate of drug-likeness (QED) is 0.756. The van der Waals surface area contributed by atoms with Crippen molar-refractivity contribution in [1.29, 1.82) is 0 Å². The Hall–Kier alpha value is -2.69. The summed E-state index contributed by atoms with van der Waals surface area (Å²) < 4.78 is 1.61. The van der Waals surface area contributed by atoms with E-state index in [-0.39, 0.29) is 5.69 Å². The van der Waals surface area contributed by atoms with Crippen LogP contribution in [0.1, 0.15) is 16.2 Å². The number of nitrogens with zero attached hydrogens (tertiary/aromatic N) is 3. The second kappa shape index (κ2) is 4.20.